The van der Waals surface area contributed by atoms with Crippen molar-refractivity contribution in [1.82, 2.24) is 19.7 Å². The Hall–Kier alpha value is -2.22. The minimum Gasteiger partial charge on any atom is -0.298 e. The summed E-state index contributed by atoms with van der Waals surface area (Å²) in [5.41, 5.74) is 6.25. The molecule has 0 atom stereocenters. The van der Waals surface area contributed by atoms with Crippen molar-refractivity contribution in [3.63, 3.8) is 0 Å². The SMILES string of the molecule is C=CCn1c(SCc2csc(-c3ccc(C)cc3)n2)nnc1-c1csc2c1CCCC2. The van der Waals surface area contributed by atoms with Crippen molar-refractivity contribution >= 4 is 34.4 Å². The summed E-state index contributed by atoms with van der Waals surface area (Å²) in [7, 11) is 0. The lowest BCUT2D eigenvalue weighted by Gasteiger charge is -2.13. The molecule has 0 spiro atoms. The number of allylic oxidation sites excluding steroid dienone is 1. The zero-order chi connectivity index (χ0) is 21.2. The number of hydrogen-bond acceptors (Lipinski definition) is 6. The average Bonchev–Trinajstić information content (AvgIpc) is 3.51. The smallest absolute Gasteiger partial charge is 0.192 e. The molecule has 0 N–H and O–H groups in total. The van der Waals surface area contributed by atoms with Gasteiger partial charge in [-0.2, -0.15) is 0 Å². The molecule has 0 bridgehead atoms. The van der Waals surface area contributed by atoms with E-state index in [4.69, 9.17) is 4.98 Å². The van der Waals surface area contributed by atoms with Gasteiger partial charge in [-0.25, -0.2) is 4.98 Å². The average molecular weight is 465 g/mol. The molecule has 3 aromatic heterocycles. The van der Waals surface area contributed by atoms with Crippen LogP contribution in [0.2, 0.25) is 0 Å². The quantitative estimate of drug-likeness (QED) is 0.223. The summed E-state index contributed by atoms with van der Waals surface area (Å²) in [5, 5.41) is 15.5. The molecule has 0 fully saturated rings. The zero-order valence-corrected chi connectivity index (χ0v) is 20.0. The van der Waals surface area contributed by atoms with Gasteiger partial charge in [0, 0.05) is 39.1 Å². The highest BCUT2D eigenvalue weighted by atomic mass is 32.2. The minimum atomic E-state index is 0.709. The Morgan fingerprint density at radius 2 is 1.94 bits per heavy atom. The number of thioether (sulfide) groups is 1. The van der Waals surface area contributed by atoms with Crippen molar-refractivity contribution in [3.8, 4) is 22.0 Å². The molecule has 1 aliphatic carbocycles. The van der Waals surface area contributed by atoms with Gasteiger partial charge in [-0.05, 0) is 38.2 Å². The Morgan fingerprint density at radius 1 is 1.10 bits per heavy atom. The number of thiazole rings is 1. The van der Waals surface area contributed by atoms with Crippen molar-refractivity contribution in [2.75, 3.05) is 0 Å². The lowest BCUT2D eigenvalue weighted by atomic mass is 9.95. The van der Waals surface area contributed by atoms with Gasteiger partial charge in [0.1, 0.15) is 5.01 Å². The number of aromatic nitrogens is 4. The van der Waals surface area contributed by atoms with Crippen LogP contribution in [0.3, 0.4) is 0 Å². The van der Waals surface area contributed by atoms with Crippen molar-refractivity contribution in [2.24, 2.45) is 0 Å². The van der Waals surface area contributed by atoms with Gasteiger partial charge in [0.25, 0.3) is 0 Å². The summed E-state index contributed by atoms with van der Waals surface area (Å²) < 4.78 is 2.20. The maximum Gasteiger partial charge on any atom is 0.192 e. The maximum atomic E-state index is 4.84. The third kappa shape index (κ3) is 4.27. The Bertz CT molecular complexity index is 1200. The van der Waals surface area contributed by atoms with E-state index in [1.54, 1.807) is 23.1 Å². The van der Waals surface area contributed by atoms with Crippen LogP contribution in [0.25, 0.3) is 22.0 Å². The van der Waals surface area contributed by atoms with E-state index < -0.39 is 0 Å². The summed E-state index contributed by atoms with van der Waals surface area (Å²) in [5.74, 6) is 1.75. The van der Waals surface area contributed by atoms with Crippen LogP contribution >= 0.6 is 34.4 Å². The van der Waals surface area contributed by atoms with E-state index in [0.717, 1.165) is 33.9 Å². The molecule has 1 aromatic carbocycles. The lowest BCUT2D eigenvalue weighted by molar-refractivity contribution is 0.694. The Morgan fingerprint density at radius 3 is 2.77 bits per heavy atom. The van der Waals surface area contributed by atoms with Crippen LogP contribution in [0, 0.1) is 6.92 Å². The number of hydrogen-bond donors (Lipinski definition) is 0. The second-order valence-electron chi connectivity index (χ2n) is 7.76. The van der Waals surface area contributed by atoms with E-state index in [-0.39, 0.29) is 0 Å². The highest BCUT2D eigenvalue weighted by Crippen LogP contribution is 2.37. The molecular formula is C24H24N4S3. The van der Waals surface area contributed by atoms with Gasteiger partial charge in [-0.3, -0.25) is 4.57 Å². The molecule has 158 valence electrons. The van der Waals surface area contributed by atoms with E-state index in [9.17, 15) is 0 Å². The van der Waals surface area contributed by atoms with Crippen LogP contribution in [-0.4, -0.2) is 19.7 Å². The second kappa shape index (κ2) is 9.10. The minimum absolute atomic E-state index is 0.709. The summed E-state index contributed by atoms with van der Waals surface area (Å²) >= 11 is 5.26. The highest BCUT2D eigenvalue weighted by molar-refractivity contribution is 7.98. The third-order valence-electron chi connectivity index (χ3n) is 5.53. The monoisotopic (exact) mass is 464 g/mol. The van der Waals surface area contributed by atoms with Crippen LogP contribution in [-0.2, 0) is 25.1 Å². The number of aryl methyl sites for hydroxylation is 2. The van der Waals surface area contributed by atoms with Crippen LogP contribution in [0.1, 0.15) is 34.5 Å². The van der Waals surface area contributed by atoms with Crippen molar-refractivity contribution in [1.29, 1.82) is 0 Å². The van der Waals surface area contributed by atoms with Gasteiger partial charge in [0.15, 0.2) is 11.0 Å². The zero-order valence-electron chi connectivity index (χ0n) is 17.5. The fraction of sp³-hybridized carbons (Fsp3) is 0.292. The number of benzene rings is 1. The number of thiophene rings is 1. The van der Waals surface area contributed by atoms with Gasteiger partial charge < -0.3 is 0 Å². The van der Waals surface area contributed by atoms with Crippen LogP contribution in [0.5, 0.6) is 0 Å². The Labute approximate surface area is 195 Å². The van der Waals surface area contributed by atoms with E-state index >= 15 is 0 Å². The first-order chi connectivity index (χ1) is 15.2. The molecule has 31 heavy (non-hydrogen) atoms. The molecular weight excluding hydrogens is 440 g/mol. The molecule has 0 saturated carbocycles. The van der Waals surface area contributed by atoms with E-state index in [1.165, 1.54) is 46.4 Å². The van der Waals surface area contributed by atoms with Gasteiger partial charge in [0.05, 0.1) is 5.69 Å². The predicted molar refractivity (Wildman–Crippen MR) is 132 cm³/mol. The van der Waals surface area contributed by atoms with E-state index in [2.05, 4.69) is 63.3 Å². The van der Waals surface area contributed by atoms with Gasteiger partial charge in [0.2, 0.25) is 0 Å². The van der Waals surface area contributed by atoms with Crippen molar-refractivity contribution in [3.05, 3.63) is 69.4 Å². The molecule has 0 saturated heterocycles. The first-order valence-electron chi connectivity index (χ1n) is 10.5. The number of nitrogens with zero attached hydrogens (tertiary/aromatic N) is 4. The maximum absolute atomic E-state index is 4.84. The van der Waals surface area contributed by atoms with Crippen LogP contribution < -0.4 is 0 Å². The molecule has 1 aliphatic rings. The van der Waals surface area contributed by atoms with Gasteiger partial charge in [-0.1, -0.05) is 47.7 Å². The standard InChI is InChI=1S/C24H24N4S3/c1-3-12-28-22(20-15-29-21-7-5-4-6-19(20)21)26-27-24(28)31-14-18-13-30-23(25-18)17-10-8-16(2)9-11-17/h3,8-11,13,15H,1,4-7,12,14H2,2H3. The van der Waals surface area contributed by atoms with Crippen molar-refractivity contribution in [2.45, 2.75) is 50.1 Å². The largest absolute Gasteiger partial charge is 0.298 e. The molecule has 4 aromatic rings. The van der Waals surface area contributed by atoms with Gasteiger partial charge in [-0.15, -0.1) is 39.4 Å². The highest BCUT2D eigenvalue weighted by Gasteiger charge is 2.22. The molecule has 0 radical (unpaired) electrons. The molecule has 0 amide bonds. The van der Waals surface area contributed by atoms with Crippen molar-refractivity contribution < 1.29 is 0 Å². The molecule has 7 heteroatoms. The number of fused-ring (bicyclic) bond motifs is 1. The molecule has 4 nitrogen and oxygen atoms in total. The van der Waals surface area contributed by atoms with Gasteiger partial charge >= 0.3 is 0 Å². The van der Waals surface area contributed by atoms with Crippen LogP contribution in [0.15, 0.2) is 52.8 Å². The fourth-order valence-electron chi connectivity index (χ4n) is 3.91. The number of rotatable bonds is 7. The van der Waals surface area contributed by atoms with E-state index in [0.29, 0.717) is 6.54 Å². The first kappa shape index (κ1) is 20.7. The van der Waals surface area contributed by atoms with E-state index in [1.807, 2.05) is 17.4 Å². The lowest BCUT2D eigenvalue weighted by Crippen LogP contribution is -2.04. The normalized spacial score (nSPS) is 13.3. The molecule has 0 aliphatic heterocycles. The second-order valence-corrected chi connectivity index (χ2v) is 10.5. The fourth-order valence-corrected chi connectivity index (χ4v) is 6.81. The van der Waals surface area contributed by atoms with Crippen LogP contribution in [0.4, 0.5) is 0 Å². The predicted octanol–water partition coefficient (Wildman–Crippen LogP) is 6.80. The summed E-state index contributed by atoms with van der Waals surface area (Å²) in [6.07, 6.45) is 6.84. The Balaban J connectivity index is 1.36. The molecule has 0 unspecified atom stereocenters. The summed E-state index contributed by atoms with van der Waals surface area (Å²) in [6, 6.07) is 8.54. The molecule has 5 rings (SSSR count). The summed E-state index contributed by atoms with van der Waals surface area (Å²) in [4.78, 5) is 6.36. The third-order valence-corrected chi connectivity index (χ3v) is 8.56. The topological polar surface area (TPSA) is 43.6 Å². The Kier molecular flexibility index (Phi) is 6.07. The summed E-state index contributed by atoms with van der Waals surface area (Å²) in [6.45, 7) is 6.77. The first-order valence-corrected chi connectivity index (χ1v) is 13.3. The molecule has 3 heterocycles.